The van der Waals surface area contributed by atoms with Crippen LogP contribution in [0.1, 0.15) is 27.9 Å². The number of fused-ring (bicyclic) bond motifs is 2. The second-order valence-corrected chi connectivity index (χ2v) is 8.94. The van der Waals surface area contributed by atoms with Gasteiger partial charge in [0.2, 0.25) is 0 Å². The van der Waals surface area contributed by atoms with Gasteiger partial charge in [0.1, 0.15) is 0 Å². The summed E-state index contributed by atoms with van der Waals surface area (Å²) in [6, 6.07) is 13.4. The zero-order chi connectivity index (χ0) is 21.7. The van der Waals surface area contributed by atoms with E-state index in [0.29, 0.717) is 38.2 Å². The van der Waals surface area contributed by atoms with E-state index in [1.165, 1.54) is 16.9 Å². The summed E-state index contributed by atoms with van der Waals surface area (Å²) in [4.78, 5) is 35.2. The van der Waals surface area contributed by atoms with Gasteiger partial charge in [0, 0.05) is 0 Å². The number of hydrogen-bond acceptors (Lipinski definition) is 6. The van der Waals surface area contributed by atoms with Crippen LogP contribution in [0.2, 0.25) is 0 Å². The first-order valence-corrected chi connectivity index (χ1v) is 11.4. The molecule has 1 N–H and O–H groups in total. The Morgan fingerprint density at radius 1 is 1.03 bits per heavy atom. The molecule has 2 unspecified atom stereocenters. The summed E-state index contributed by atoms with van der Waals surface area (Å²) in [7, 11) is 0. The van der Waals surface area contributed by atoms with Crippen LogP contribution in [0, 0.1) is 13.8 Å². The van der Waals surface area contributed by atoms with Crippen molar-refractivity contribution in [3.05, 3.63) is 81.8 Å². The first kappa shape index (κ1) is 20.0. The first-order valence-electron chi connectivity index (χ1n) is 9.68. The Bertz CT molecular complexity index is 1530. The van der Waals surface area contributed by atoms with Crippen LogP contribution < -0.4 is 10.2 Å². The quantitative estimate of drug-likeness (QED) is 0.298. The Morgan fingerprint density at radius 3 is 2.61 bits per heavy atom. The number of aromatic amines is 1. The third kappa shape index (κ3) is 3.27. The van der Waals surface area contributed by atoms with Gasteiger partial charge in [-0.25, -0.2) is 0 Å². The molecule has 0 radical (unpaired) electrons. The minimum atomic E-state index is -0.583. The van der Waals surface area contributed by atoms with E-state index in [2.05, 4.69) is 19.9 Å². The van der Waals surface area contributed by atoms with E-state index in [-0.39, 0.29) is 5.56 Å². The maximum absolute atomic E-state index is 13.8. The molecule has 0 bridgehead atoms. The second kappa shape index (κ2) is 7.62. The van der Waals surface area contributed by atoms with E-state index >= 15 is 0 Å². The predicted octanol–water partition coefficient (Wildman–Crippen LogP) is 1.95. The van der Waals surface area contributed by atoms with Gasteiger partial charge in [0.05, 0.1) is 0 Å². The fourth-order valence-corrected chi connectivity index (χ4v) is 4.75. The summed E-state index contributed by atoms with van der Waals surface area (Å²) in [5, 5.41) is 0.0164. The summed E-state index contributed by atoms with van der Waals surface area (Å²) in [5.41, 5.74) is 5.02. The molecule has 3 heterocycles. The number of hydrogen-bond donors (Lipinski definition) is 2. The summed E-state index contributed by atoms with van der Waals surface area (Å²) < 4.78 is 2.31. The molecule has 2 aromatic carbocycles. The molecule has 9 heteroatoms. The molecule has 2 atom stereocenters. The van der Waals surface area contributed by atoms with E-state index in [4.69, 9.17) is 17.6 Å². The summed E-state index contributed by atoms with van der Waals surface area (Å²) in [6.07, 6.45) is 1.58. The van der Waals surface area contributed by atoms with Crippen LogP contribution in [-0.4, -0.2) is 46.3 Å². The molecule has 31 heavy (non-hydrogen) atoms. The van der Waals surface area contributed by atoms with E-state index in [1.54, 1.807) is 10.9 Å². The fraction of sp³-hybridized carbons (Fsp3) is 0.136. The van der Waals surface area contributed by atoms with Gasteiger partial charge in [0.15, 0.2) is 0 Å². The van der Waals surface area contributed by atoms with Crippen LogP contribution in [0.4, 0.5) is 0 Å². The standard InChI is InChI=1S/C22H19AsN6OS/c1-11-6-3-4-9-14(11)29-20(26-13-8-5-7-12(2)15(13)21(29)30)18(31)16-17-19(25-10-24-17)28-22(23)27-16/h3-10,18,31H,23H2,1-2H3,(H,24,25,27,28). The van der Waals surface area contributed by atoms with Gasteiger partial charge < -0.3 is 0 Å². The molecule has 5 rings (SSSR count). The molecule has 154 valence electrons. The number of nitrogens with zero attached hydrogens (tertiary/aromatic N) is 5. The average molecular weight is 490 g/mol. The van der Waals surface area contributed by atoms with Crippen molar-refractivity contribution >= 4 is 56.2 Å². The predicted molar refractivity (Wildman–Crippen MR) is 128 cm³/mol. The van der Waals surface area contributed by atoms with Crippen LogP contribution in [0.3, 0.4) is 0 Å². The van der Waals surface area contributed by atoms with Crippen molar-refractivity contribution in [3.8, 4) is 5.69 Å². The second-order valence-electron chi connectivity index (χ2n) is 7.34. The van der Waals surface area contributed by atoms with Gasteiger partial charge in [-0.15, -0.1) is 0 Å². The molecule has 0 aliphatic rings. The zero-order valence-corrected chi connectivity index (χ0v) is 20.2. The summed E-state index contributed by atoms with van der Waals surface area (Å²) in [5.74, 6) is 0.496. The van der Waals surface area contributed by atoms with Crippen LogP contribution in [0.25, 0.3) is 27.8 Å². The third-order valence-electron chi connectivity index (χ3n) is 5.31. The molecule has 0 aliphatic carbocycles. The Hall–Kier alpha value is -2.96. The number of para-hydroxylation sites is 1. The molecule has 7 nitrogen and oxygen atoms in total. The molecule has 0 aliphatic heterocycles. The number of aromatic nitrogens is 6. The molecule has 0 fully saturated rings. The van der Waals surface area contributed by atoms with Gasteiger partial charge in [-0.2, -0.15) is 0 Å². The number of benzene rings is 2. The number of imidazole rings is 1. The normalized spacial score (nSPS) is 12.5. The van der Waals surface area contributed by atoms with Crippen molar-refractivity contribution in [1.82, 2.24) is 29.5 Å². The van der Waals surface area contributed by atoms with Gasteiger partial charge in [-0.1, -0.05) is 0 Å². The Kier molecular flexibility index (Phi) is 4.91. The van der Waals surface area contributed by atoms with E-state index in [0.717, 1.165) is 16.8 Å². The maximum atomic E-state index is 13.8. The Labute approximate surface area is 191 Å². The number of H-pyrrole nitrogens is 1. The Balaban J connectivity index is 1.88. The van der Waals surface area contributed by atoms with Crippen molar-refractivity contribution in [2.75, 3.05) is 0 Å². The van der Waals surface area contributed by atoms with Crippen LogP contribution in [-0.2, 0) is 0 Å². The summed E-state index contributed by atoms with van der Waals surface area (Å²) >= 11 is 6.20. The molecular weight excluding hydrogens is 471 g/mol. The minimum absolute atomic E-state index is 0.125. The van der Waals surface area contributed by atoms with Gasteiger partial charge in [-0.3, -0.25) is 0 Å². The van der Waals surface area contributed by atoms with Crippen molar-refractivity contribution in [2.24, 2.45) is 0 Å². The van der Waals surface area contributed by atoms with Crippen LogP contribution in [0.5, 0.6) is 0 Å². The molecule has 0 saturated carbocycles. The number of rotatable bonds is 3. The van der Waals surface area contributed by atoms with Gasteiger partial charge in [-0.05, 0) is 0 Å². The van der Waals surface area contributed by atoms with Crippen LogP contribution in [0.15, 0.2) is 53.6 Å². The molecule has 3 aromatic heterocycles. The third-order valence-corrected chi connectivity index (χ3v) is 6.33. The number of nitrogens with one attached hydrogen (secondary N) is 1. The Morgan fingerprint density at radius 2 is 1.81 bits per heavy atom. The first-order chi connectivity index (χ1) is 15.0. The monoisotopic (exact) mass is 490 g/mol. The zero-order valence-electron chi connectivity index (χ0n) is 16.9. The topological polar surface area (TPSA) is 89.3 Å². The molecule has 0 saturated heterocycles. The van der Waals surface area contributed by atoms with Crippen molar-refractivity contribution < 1.29 is 0 Å². The number of thiol groups is 1. The van der Waals surface area contributed by atoms with E-state index in [1.807, 2.05) is 56.3 Å². The van der Waals surface area contributed by atoms with Crippen molar-refractivity contribution in [3.63, 3.8) is 0 Å². The fourth-order valence-electron chi connectivity index (χ4n) is 3.83. The SMILES string of the molecule is Cc1ccccc1-n1c(C(S)c2nc([AsH2])nc3[nH]cnc23)nc2cccc(C)c2c1=O. The van der Waals surface area contributed by atoms with Gasteiger partial charge in [0.25, 0.3) is 0 Å². The van der Waals surface area contributed by atoms with Crippen molar-refractivity contribution in [1.29, 1.82) is 0 Å². The molecule has 5 aromatic rings. The van der Waals surface area contributed by atoms with E-state index in [9.17, 15) is 4.79 Å². The van der Waals surface area contributed by atoms with Crippen LogP contribution >= 0.6 is 12.6 Å². The molecular formula is C22H19AsN6OS. The van der Waals surface area contributed by atoms with Crippen molar-refractivity contribution in [2.45, 2.75) is 19.1 Å². The summed E-state index contributed by atoms with van der Waals surface area (Å²) in [6.45, 7) is 3.90. The molecule has 0 amide bonds. The average Bonchev–Trinajstić information content (AvgIpc) is 3.21. The number of aryl methyl sites for hydroxylation is 2. The van der Waals surface area contributed by atoms with Gasteiger partial charge >= 0.3 is 192 Å². The molecule has 0 spiro atoms. The van der Waals surface area contributed by atoms with E-state index < -0.39 is 5.25 Å².